The zero-order valence-corrected chi connectivity index (χ0v) is 30.4. The molecule has 0 radical (unpaired) electrons. The number of fused-ring (bicyclic) bond motifs is 1. The molecule has 52 heavy (non-hydrogen) atoms. The maximum absolute atomic E-state index is 15.6. The van der Waals surface area contributed by atoms with Gasteiger partial charge in [-0.2, -0.15) is 15.1 Å². The molecule has 1 aliphatic carbocycles. The van der Waals surface area contributed by atoms with E-state index in [0.29, 0.717) is 46.8 Å². The van der Waals surface area contributed by atoms with Crippen LogP contribution in [0.1, 0.15) is 88.7 Å². The lowest BCUT2D eigenvalue weighted by atomic mass is 9.94. The van der Waals surface area contributed by atoms with Crippen LogP contribution in [-0.2, 0) is 39.1 Å². The second kappa shape index (κ2) is 14.6. The van der Waals surface area contributed by atoms with Gasteiger partial charge in [0.1, 0.15) is 23.8 Å². The van der Waals surface area contributed by atoms with Gasteiger partial charge in [0.25, 0.3) is 5.56 Å². The number of hydrogen-bond donors (Lipinski definition) is 1. The molecule has 0 aliphatic heterocycles. The fraction of sp³-hybridized carbons (Fsp3) is 0.410. The summed E-state index contributed by atoms with van der Waals surface area (Å²) in [4.78, 5) is 54.0. The number of hydrogen-bond acceptors (Lipinski definition) is 10. The number of ether oxygens (including phenoxy) is 2. The van der Waals surface area contributed by atoms with Crippen LogP contribution in [-0.4, -0.2) is 46.8 Å². The van der Waals surface area contributed by atoms with Gasteiger partial charge in [0.2, 0.25) is 5.95 Å². The summed E-state index contributed by atoms with van der Waals surface area (Å²) in [7, 11) is 1.81. The largest absolute Gasteiger partial charge is 0.460 e. The van der Waals surface area contributed by atoms with Crippen LogP contribution < -0.4 is 11.3 Å². The molecular formula is C39H44FN7O5. The first-order chi connectivity index (χ1) is 24.6. The first-order valence-corrected chi connectivity index (χ1v) is 17.5. The molecule has 0 bridgehead atoms. The van der Waals surface area contributed by atoms with Crippen LogP contribution in [0.3, 0.4) is 0 Å². The third-order valence-electron chi connectivity index (χ3n) is 8.78. The van der Waals surface area contributed by atoms with Crippen molar-refractivity contribution in [3.63, 3.8) is 0 Å². The summed E-state index contributed by atoms with van der Waals surface area (Å²) in [6, 6.07) is 10.2. The van der Waals surface area contributed by atoms with Crippen LogP contribution >= 0.6 is 0 Å². The number of nitrogen functional groups attached to an aromatic ring is 1. The quantitative estimate of drug-likeness (QED) is 0.148. The number of pyridine rings is 1. The summed E-state index contributed by atoms with van der Waals surface area (Å²) in [5.41, 5.74) is 7.78. The van der Waals surface area contributed by atoms with Gasteiger partial charge in [-0.25, -0.2) is 9.37 Å². The van der Waals surface area contributed by atoms with Gasteiger partial charge in [0.05, 0.1) is 29.6 Å². The van der Waals surface area contributed by atoms with Crippen LogP contribution in [0.5, 0.6) is 0 Å². The summed E-state index contributed by atoms with van der Waals surface area (Å²) >= 11 is 0. The highest BCUT2D eigenvalue weighted by molar-refractivity contribution is 5.84. The Bertz CT molecular complexity index is 2200. The number of benzene rings is 2. The van der Waals surface area contributed by atoms with Gasteiger partial charge in [0.15, 0.2) is 5.82 Å². The third kappa shape index (κ3) is 8.52. The van der Waals surface area contributed by atoms with E-state index in [9.17, 15) is 14.4 Å². The van der Waals surface area contributed by atoms with Crippen molar-refractivity contribution < 1.29 is 23.5 Å². The SMILES string of the molecule is CC(C)C[C@H](CC(=O)OC(C)(C)C)C(=O)OCc1c(-c2nc(N)nc(Cc3cnn(C)c3)n2)cccc1-n1ccc2cc(C3CC3)cc(F)c2c1=O. The highest BCUT2D eigenvalue weighted by Gasteiger charge is 2.29. The molecule has 3 heterocycles. The minimum Gasteiger partial charge on any atom is -0.460 e. The van der Waals surface area contributed by atoms with Gasteiger partial charge in [-0.1, -0.05) is 32.0 Å². The lowest BCUT2D eigenvalue weighted by molar-refractivity contribution is -0.162. The fourth-order valence-electron chi connectivity index (χ4n) is 6.41. The molecule has 6 rings (SSSR count). The number of aryl methyl sites for hydroxylation is 1. The molecule has 0 spiro atoms. The van der Waals surface area contributed by atoms with Crippen LogP contribution in [0.15, 0.2) is 59.8 Å². The molecule has 1 aliphatic rings. The molecule has 12 nitrogen and oxygen atoms in total. The highest BCUT2D eigenvalue weighted by Crippen LogP contribution is 2.41. The van der Waals surface area contributed by atoms with Gasteiger partial charge in [-0.05, 0) is 86.6 Å². The topological polar surface area (TPSA) is 157 Å². The van der Waals surface area contributed by atoms with E-state index in [4.69, 9.17) is 20.2 Å². The second-order valence-electron chi connectivity index (χ2n) is 14.9. The van der Waals surface area contributed by atoms with Crippen molar-refractivity contribution in [3.8, 4) is 17.1 Å². The number of nitrogens with zero attached hydrogens (tertiary/aromatic N) is 6. The van der Waals surface area contributed by atoms with Crippen molar-refractivity contribution >= 4 is 28.7 Å². The summed E-state index contributed by atoms with van der Waals surface area (Å²) in [5.74, 6) is -1.52. The number of esters is 2. The highest BCUT2D eigenvalue weighted by atomic mass is 19.1. The Morgan fingerprint density at radius 1 is 1.10 bits per heavy atom. The molecule has 5 aromatic rings. The Hall–Kier alpha value is -5.46. The smallest absolute Gasteiger partial charge is 0.309 e. The van der Waals surface area contributed by atoms with E-state index in [1.165, 1.54) is 10.6 Å². The monoisotopic (exact) mass is 709 g/mol. The molecule has 3 aromatic heterocycles. The average molecular weight is 710 g/mol. The molecule has 1 fully saturated rings. The van der Waals surface area contributed by atoms with E-state index in [0.717, 1.165) is 24.0 Å². The Balaban J connectivity index is 1.42. The first kappa shape index (κ1) is 36.3. The van der Waals surface area contributed by atoms with Crippen molar-refractivity contribution in [2.75, 3.05) is 5.73 Å². The molecule has 13 heteroatoms. The third-order valence-corrected chi connectivity index (χ3v) is 8.78. The van der Waals surface area contributed by atoms with Gasteiger partial charge < -0.3 is 15.2 Å². The molecule has 0 amide bonds. The maximum atomic E-state index is 15.6. The predicted molar refractivity (Wildman–Crippen MR) is 194 cm³/mol. The maximum Gasteiger partial charge on any atom is 0.309 e. The minimum absolute atomic E-state index is 0.0250. The van der Waals surface area contributed by atoms with Crippen molar-refractivity contribution in [1.29, 1.82) is 0 Å². The van der Waals surface area contributed by atoms with Gasteiger partial charge >= 0.3 is 11.9 Å². The molecular weight excluding hydrogens is 665 g/mol. The summed E-state index contributed by atoms with van der Waals surface area (Å²) < 4.78 is 30.1. The number of anilines is 1. The fourth-order valence-corrected chi connectivity index (χ4v) is 6.41. The Morgan fingerprint density at radius 3 is 2.54 bits per heavy atom. The molecule has 1 saturated carbocycles. The number of aromatic nitrogens is 6. The van der Waals surface area contributed by atoms with E-state index in [1.807, 2.05) is 33.2 Å². The van der Waals surface area contributed by atoms with Crippen molar-refractivity contribution in [2.24, 2.45) is 18.9 Å². The van der Waals surface area contributed by atoms with Gasteiger partial charge in [-0.15, -0.1) is 0 Å². The van der Waals surface area contributed by atoms with Crippen molar-refractivity contribution in [1.82, 2.24) is 29.3 Å². The van der Waals surface area contributed by atoms with Gasteiger partial charge in [-0.3, -0.25) is 23.6 Å². The molecule has 2 N–H and O–H groups in total. The van der Waals surface area contributed by atoms with Gasteiger partial charge in [0, 0.05) is 37.0 Å². The van der Waals surface area contributed by atoms with E-state index in [1.54, 1.807) is 62.1 Å². The molecule has 2 aromatic carbocycles. The van der Waals surface area contributed by atoms with E-state index >= 15 is 4.39 Å². The first-order valence-electron chi connectivity index (χ1n) is 17.5. The Kier molecular flexibility index (Phi) is 10.2. The number of halogens is 1. The summed E-state index contributed by atoms with van der Waals surface area (Å²) in [6.07, 6.45) is 7.69. The van der Waals surface area contributed by atoms with Crippen LogP contribution in [0.4, 0.5) is 10.3 Å². The number of carbonyl (C=O) groups is 2. The van der Waals surface area contributed by atoms with Crippen molar-refractivity contribution in [3.05, 3.63) is 93.7 Å². The average Bonchev–Trinajstić information content (AvgIpc) is 3.83. The van der Waals surface area contributed by atoms with Crippen LogP contribution in [0.2, 0.25) is 0 Å². The van der Waals surface area contributed by atoms with E-state index in [-0.39, 0.29) is 36.1 Å². The van der Waals surface area contributed by atoms with E-state index in [2.05, 4.69) is 15.1 Å². The standard InChI is InChI=1S/C39H44FN7O5/c1-22(2)14-27(18-33(48)52-39(3,4)5)37(50)51-21-29-28(35-43-32(44-38(41)45-35)15-23-19-42-46(6)20-23)8-7-9-31(29)47-13-12-25-16-26(24-10-11-24)17-30(40)34(25)36(47)49/h7-9,12-13,16-17,19-20,22,24,27H,10-11,14-15,18,21H2,1-6H3,(H2,41,43,44,45)/t27-/m1/s1. The molecule has 0 unspecified atom stereocenters. The summed E-state index contributed by atoms with van der Waals surface area (Å²) in [6.45, 7) is 8.89. The number of carbonyl (C=O) groups excluding carboxylic acids is 2. The number of nitrogens with two attached hydrogens (primary N) is 1. The van der Waals surface area contributed by atoms with E-state index < -0.39 is 34.8 Å². The Morgan fingerprint density at radius 2 is 1.87 bits per heavy atom. The predicted octanol–water partition coefficient (Wildman–Crippen LogP) is 6.20. The lowest BCUT2D eigenvalue weighted by Crippen LogP contribution is -2.29. The second-order valence-corrected chi connectivity index (χ2v) is 14.9. The molecule has 0 saturated heterocycles. The van der Waals surface area contributed by atoms with Crippen LogP contribution in [0.25, 0.3) is 27.8 Å². The molecule has 1 atom stereocenters. The molecule has 272 valence electrons. The zero-order chi connectivity index (χ0) is 37.3. The van der Waals surface area contributed by atoms with Crippen LogP contribution in [0, 0.1) is 17.7 Å². The number of rotatable bonds is 12. The zero-order valence-electron chi connectivity index (χ0n) is 30.4. The normalized spacial score (nSPS) is 13.8. The van der Waals surface area contributed by atoms with Crippen molar-refractivity contribution in [2.45, 2.75) is 84.8 Å². The lowest BCUT2D eigenvalue weighted by Gasteiger charge is -2.23. The Labute approximate surface area is 301 Å². The summed E-state index contributed by atoms with van der Waals surface area (Å²) in [5, 5.41) is 4.68. The minimum atomic E-state index is -0.775.